The Labute approximate surface area is 167 Å². The number of carbonyl (C=O) groups excluding carboxylic acids is 1. The molecule has 4 rings (SSSR count). The molecule has 2 aliphatic rings. The van der Waals surface area contributed by atoms with Crippen molar-refractivity contribution in [3.05, 3.63) is 23.5 Å². The van der Waals surface area contributed by atoms with Crippen LogP contribution in [0.15, 0.2) is 12.1 Å². The number of amides is 1. The van der Waals surface area contributed by atoms with Crippen molar-refractivity contribution in [3.63, 3.8) is 0 Å². The van der Waals surface area contributed by atoms with Crippen LogP contribution >= 0.6 is 0 Å². The quantitative estimate of drug-likeness (QED) is 0.710. The van der Waals surface area contributed by atoms with Gasteiger partial charge >= 0.3 is 0 Å². The van der Waals surface area contributed by atoms with E-state index >= 15 is 0 Å². The summed E-state index contributed by atoms with van der Waals surface area (Å²) >= 11 is 0. The lowest BCUT2D eigenvalue weighted by atomic mass is 9.86. The van der Waals surface area contributed by atoms with Gasteiger partial charge in [0, 0.05) is 19.6 Å². The third-order valence-electron chi connectivity index (χ3n) is 6.74. The summed E-state index contributed by atoms with van der Waals surface area (Å²) in [6, 6.07) is 4.30. The first kappa shape index (κ1) is 19.4. The highest BCUT2D eigenvalue weighted by Gasteiger charge is 2.44. The summed E-state index contributed by atoms with van der Waals surface area (Å²) in [5, 5.41) is 0. The molecule has 0 spiro atoms. The molecule has 28 heavy (non-hydrogen) atoms. The van der Waals surface area contributed by atoms with Gasteiger partial charge in [0.15, 0.2) is 0 Å². The summed E-state index contributed by atoms with van der Waals surface area (Å²) in [6.07, 6.45) is 8.18. The van der Waals surface area contributed by atoms with Crippen LogP contribution in [-0.2, 0) is 14.9 Å². The Bertz CT molecular complexity index is 862. The van der Waals surface area contributed by atoms with Crippen molar-refractivity contribution >= 4 is 22.6 Å². The molecular formula is C23H33N3O2. The summed E-state index contributed by atoms with van der Waals surface area (Å²) in [5.41, 5.74) is 3.74. The summed E-state index contributed by atoms with van der Waals surface area (Å²) in [5.74, 6) is 1.78. The van der Waals surface area contributed by atoms with Gasteiger partial charge < -0.3 is 14.6 Å². The fraction of sp³-hybridized carbons (Fsp3) is 0.652. The molecule has 5 nitrogen and oxygen atoms in total. The third kappa shape index (κ3) is 3.24. The maximum atomic E-state index is 13.0. The van der Waals surface area contributed by atoms with Gasteiger partial charge in [0.05, 0.1) is 28.2 Å². The van der Waals surface area contributed by atoms with Crippen molar-refractivity contribution in [1.82, 2.24) is 9.97 Å². The molecule has 152 valence electrons. The summed E-state index contributed by atoms with van der Waals surface area (Å²) in [7, 11) is 1.81. The number of carbonyl (C=O) groups is 1. The average molecular weight is 384 g/mol. The van der Waals surface area contributed by atoms with Gasteiger partial charge in [-0.15, -0.1) is 0 Å². The number of aromatic nitrogens is 2. The van der Waals surface area contributed by atoms with E-state index in [1.807, 2.05) is 25.9 Å². The van der Waals surface area contributed by atoms with Gasteiger partial charge in [0.2, 0.25) is 5.91 Å². The zero-order valence-electron chi connectivity index (χ0n) is 17.7. The predicted octanol–water partition coefficient (Wildman–Crippen LogP) is 5.05. The van der Waals surface area contributed by atoms with Crippen molar-refractivity contribution in [2.45, 2.75) is 83.2 Å². The molecule has 1 aliphatic carbocycles. The van der Waals surface area contributed by atoms with E-state index < -0.39 is 5.41 Å². The standard InChI is InChI=1S/C23H33N3O2/c1-5-6-7-12-26-20-14-19-18(13-17(20)23(2,3)22(26)27)24-21(25-19)15-8-10-16(28-4)11-9-15/h13-16H,5-12H2,1-4H3,(H,24,25). The number of aromatic amines is 1. The molecular weight excluding hydrogens is 350 g/mol. The van der Waals surface area contributed by atoms with Crippen molar-refractivity contribution in [1.29, 1.82) is 0 Å². The van der Waals surface area contributed by atoms with Crippen molar-refractivity contribution in [2.24, 2.45) is 0 Å². The number of hydrogen-bond donors (Lipinski definition) is 1. The lowest BCUT2D eigenvalue weighted by molar-refractivity contribution is -0.122. The SMILES string of the molecule is CCCCCN1C(=O)C(C)(C)c2cc3[nH]c(C4CCC(OC)CC4)nc3cc21. The Morgan fingerprint density at radius 1 is 1.21 bits per heavy atom. The summed E-state index contributed by atoms with van der Waals surface area (Å²) in [6.45, 7) is 7.08. The molecule has 0 radical (unpaired) electrons. The van der Waals surface area contributed by atoms with Crippen LogP contribution in [0.3, 0.4) is 0 Å². The molecule has 0 bridgehead atoms. The van der Waals surface area contributed by atoms with Crippen LogP contribution in [0.5, 0.6) is 0 Å². The maximum absolute atomic E-state index is 13.0. The normalized spacial score (nSPS) is 24.1. The fourth-order valence-electron chi connectivity index (χ4n) is 4.86. The molecule has 1 aliphatic heterocycles. The van der Waals surface area contributed by atoms with Crippen molar-refractivity contribution in [3.8, 4) is 0 Å². The van der Waals surface area contributed by atoms with E-state index in [0.717, 1.165) is 79.6 Å². The zero-order valence-corrected chi connectivity index (χ0v) is 17.7. The number of anilines is 1. The van der Waals surface area contributed by atoms with Gasteiger partial charge in [-0.25, -0.2) is 4.98 Å². The first-order valence-corrected chi connectivity index (χ1v) is 10.8. The first-order valence-electron chi connectivity index (χ1n) is 10.8. The largest absolute Gasteiger partial charge is 0.381 e. The number of unbranched alkanes of at least 4 members (excludes halogenated alkanes) is 2. The number of ether oxygens (including phenoxy) is 1. The van der Waals surface area contributed by atoms with Crippen LogP contribution < -0.4 is 4.90 Å². The average Bonchev–Trinajstić information content (AvgIpc) is 3.19. The monoisotopic (exact) mass is 383 g/mol. The van der Waals surface area contributed by atoms with Crippen molar-refractivity contribution < 1.29 is 9.53 Å². The van der Waals surface area contributed by atoms with E-state index in [0.29, 0.717) is 12.0 Å². The van der Waals surface area contributed by atoms with Gasteiger partial charge in [-0.05, 0) is 63.6 Å². The molecule has 0 saturated heterocycles. The Morgan fingerprint density at radius 3 is 2.64 bits per heavy atom. The molecule has 1 fully saturated rings. The third-order valence-corrected chi connectivity index (χ3v) is 6.74. The molecule has 0 unspecified atom stereocenters. The van der Waals surface area contributed by atoms with Gasteiger partial charge in [0.25, 0.3) is 0 Å². The minimum Gasteiger partial charge on any atom is -0.381 e. The topological polar surface area (TPSA) is 58.2 Å². The molecule has 2 heterocycles. The predicted molar refractivity (Wildman–Crippen MR) is 113 cm³/mol. The molecule has 1 aromatic carbocycles. The van der Waals surface area contributed by atoms with Gasteiger partial charge in [-0.1, -0.05) is 19.8 Å². The second-order valence-electron chi connectivity index (χ2n) is 9.01. The minimum atomic E-state index is -0.475. The van der Waals surface area contributed by atoms with Crippen LogP contribution in [-0.4, -0.2) is 35.6 Å². The van der Waals surface area contributed by atoms with Crippen LogP contribution in [0.1, 0.15) is 83.0 Å². The number of nitrogens with one attached hydrogen (secondary N) is 1. The van der Waals surface area contributed by atoms with E-state index in [9.17, 15) is 4.79 Å². The highest BCUT2D eigenvalue weighted by molar-refractivity contribution is 6.09. The van der Waals surface area contributed by atoms with Gasteiger partial charge in [0.1, 0.15) is 5.82 Å². The Balaban J connectivity index is 1.64. The van der Waals surface area contributed by atoms with E-state index in [-0.39, 0.29) is 5.91 Å². The Morgan fingerprint density at radius 2 is 1.96 bits per heavy atom. The molecule has 0 atom stereocenters. The summed E-state index contributed by atoms with van der Waals surface area (Å²) in [4.78, 5) is 23.5. The number of fused-ring (bicyclic) bond motifs is 2. The molecule has 2 aromatic rings. The number of hydrogen-bond acceptors (Lipinski definition) is 3. The second-order valence-corrected chi connectivity index (χ2v) is 9.01. The highest BCUT2D eigenvalue weighted by Crippen LogP contribution is 2.44. The van der Waals surface area contributed by atoms with E-state index in [1.165, 1.54) is 0 Å². The second kappa shape index (κ2) is 7.51. The number of methoxy groups -OCH3 is 1. The van der Waals surface area contributed by atoms with E-state index in [4.69, 9.17) is 9.72 Å². The molecule has 1 amide bonds. The fourth-order valence-corrected chi connectivity index (χ4v) is 4.86. The van der Waals surface area contributed by atoms with Crippen LogP contribution in [0.25, 0.3) is 11.0 Å². The number of H-pyrrole nitrogens is 1. The Kier molecular flexibility index (Phi) is 5.21. The lowest BCUT2D eigenvalue weighted by Crippen LogP contribution is -2.36. The number of rotatable bonds is 6. The van der Waals surface area contributed by atoms with Crippen molar-refractivity contribution in [2.75, 3.05) is 18.6 Å². The van der Waals surface area contributed by atoms with Crippen LogP contribution in [0.2, 0.25) is 0 Å². The van der Waals surface area contributed by atoms with Gasteiger partial charge in [-0.3, -0.25) is 4.79 Å². The molecule has 1 N–H and O–H groups in total. The molecule has 1 saturated carbocycles. The molecule has 5 heteroatoms. The first-order chi connectivity index (χ1) is 13.5. The van der Waals surface area contributed by atoms with E-state index in [1.54, 1.807) is 0 Å². The maximum Gasteiger partial charge on any atom is 0.237 e. The minimum absolute atomic E-state index is 0.212. The summed E-state index contributed by atoms with van der Waals surface area (Å²) < 4.78 is 5.50. The number of nitrogens with zero attached hydrogens (tertiary/aromatic N) is 2. The van der Waals surface area contributed by atoms with Gasteiger partial charge in [-0.2, -0.15) is 0 Å². The highest BCUT2D eigenvalue weighted by atomic mass is 16.5. The lowest BCUT2D eigenvalue weighted by Gasteiger charge is -2.26. The van der Waals surface area contributed by atoms with E-state index in [2.05, 4.69) is 24.0 Å². The van der Waals surface area contributed by atoms with Crippen LogP contribution in [0.4, 0.5) is 5.69 Å². The number of benzene rings is 1. The Hall–Kier alpha value is -1.88. The smallest absolute Gasteiger partial charge is 0.237 e. The molecule has 1 aromatic heterocycles. The van der Waals surface area contributed by atoms with Crippen LogP contribution in [0, 0.1) is 0 Å². The zero-order chi connectivity index (χ0) is 19.9. The number of imidazole rings is 1.